The number of methoxy groups -OCH3 is 1. The van der Waals surface area contributed by atoms with E-state index < -0.39 is 0 Å². The van der Waals surface area contributed by atoms with Crippen molar-refractivity contribution in [3.8, 4) is 22.8 Å². The predicted octanol–water partition coefficient (Wildman–Crippen LogP) is 4.81. The van der Waals surface area contributed by atoms with Crippen molar-refractivity contribution in [1.29, 1.82) is 0 Å². The molecule has 0 unspecified atom stereocenters. The Labute approximate surface area is 185 Å². The third-order valence-corrected chi connectivity index (χ3v) is 6.16. The molecule has 2 aromatic carbocycles. The second-order valence-corrected chi connectivity index (χ2v) is 8.43. The normalized spacial score (nSPS) is 11.0. The van der Waals surface area contributed by atoms with E-state index in [-0.39, 0.29) is 5.91 Å². The summed E-state index contributed by atoms with van der Waals surface area (Å²) in [6.07, 6.45) is 1.96. The molecular formula is C24H25N3O3S. The molecule has 0 saturated heterocycles. The van der Waals surface area contributed by atoms with E-state index in [4.69, 9.17) is 14.5 Å². The quantitative estimate of drug-likeness (QED) is 0.423. The van der Waals surface area contributed by atoms with E-state index in [1.807, 2.05) is 67.8 Å². The van der Waals surface area contributed by atoms with E-state index in [1.165, 1.54) is 11.3 Å². The molecule has 0 saturated carbocycles. The highest BCUT2D eigenvalue weighted by Crippen LogP contribution is 2.28. The summed E-state index contributed by atoms with van der Waals surface area (Å²) in [4.78, 5) is 18.8. The minimum atomic E-state index is -0.108. The van der Waals surface area contributed by atoms with Crippen LogP contribution in [0.3, 0.4) is 0 Å². The first-order chi connectivity index (χ1) is 14.9. The number of hydrogen-bond acceptors (Lipinski definition) is 5. The lowest BCUT2D eigenvalue weighted by atomic mass is 10.1. The summed E-state index contributed by atoms with van der Waals surface area (Å²) in [7, 11) is 1.65. The lowest BCUT2D eigenvalue weighted by molar-refractivity contribution is 0.0950. The third kappa shape index (κ3) is 4.56. The van der Waals surface area contributed by atoms with Gasteiger partial charge in [0.15, 0.2) is 4.96 Å². The Balaban J connectivity index is 1.40. The van der Waals surface area contributed by atoms with Crippen LogP contribution >= 0.6 is 11.3 Å². The molecule has 2 aromatic heterocycles. The van der Waals surface area contributed by atoms with Gasteiger partial charge >= 0.3 is 0 Å². The number of nitrogens with zero attached hydrogens (tertiary/aromatic N) is 2. The van der Waals surface area contributed by atoms with Gasteiger partial charge in [0.05, 0.1) is 19.3 Å². The number of imidazole rings is 1. The van der Waals surface area contributed by atoms with Crippen molar-refractivity contribution >= 4 is 22.2 Å². The second kappa shape index (κ2) is 8.81. The van der Waals surface area contributed by atoms with Gasteiger partial charge < -0.3 is 14.8 Å². The summed E-state index contributed by atoms with van der Waals surface area (Å²) >= 11 is 1.39. The van der Waals surface area contributed by atoms with E-state index in [1.54, 1.807) is 7.11 Å². The molecule has 4 aromatic rings. The number of rotatable bonds is 7. The van der Waals surface area contributed by atoms with Gasteiger partial charge in [-0.3, -0.25) is 9.20 Å². The fourth-order valence-electron chi connectivity index (χ4n) is 3.49. The van der Waals surface area contributed by atoms with Crippen molar-refractivity contribution in [2.24, 2.45) is 0 Å². The summed E-state index contributed by atoms with van der Waals surface area (Å²) in [5.74, 6) is 1.52. The minimum absolute atomic E-state index is 0.108. The standard InChI is InChI=1S/C24H25N3O3S/c1-15-11-16(2)13-20(12-15)30-10-9-25-23(28)22-17(3)27-14-21(26-24(27)31-22)18-5-7-19(29-4)8-6-18/h5-8,11-14H,9-10H2,1-4H3,(H,25,28). The molecule has 0 spiro atoms. The Bertz CT molecular complexity index is 1200. The number of thiazole rings is 1. The molecule has 1 N–H and O–H groups in total. The van der Waals surface area contributed by atoms with Crippen LogP contribution in [0.1, 0.15) is 26.5 Å². The molecule has 0 atom stereocenters. The fraction of sp³-hybridized carbons (Fsp3) is 0.250. The predicted molar refractivity (Wildman–Crippen MR) is 124 cm³/mol. The zero-order valence-corrected chi connectivity index (χ0v) is 18.9. The number of benzene rings is 2. The number of aryl methyl sites for hydroxylation is 3. The van der Waals surface area contributed by atoms with Crippen LogP contribution in [0.5, 0.6) is 11.5 Å². The first-order valence-electron chi connectivity index (χ1n) is 10.1. The Morgan fingerprint density at radius 1 is 1.06 bits per heavy atom. The van der Waals surface area contributed by atoms with Gasteiger partial charge in [0, 0.05) is 17.5 Å². The maximum Gasteiger partial charge on any atom is 0.263 e. The number of ether oxygens (including phenoxy) is 2. The van der Waals surface area contributed by atoms with E-state index >= 15 is 0 Å². The molecule has 4 rings (SSSR count). The number of aromatic nitrogens is 2. The molecule has 0 aliphatic rings. The monoisotopic (exact) mass is 435 g/mol. The van der Waals surface area contributed by atoms with Crippen molar-refractivity contribution in [3.05, 3.63) is 70.4 Å². The van der Waals surface area contributed by atoms with Crippen LogP contribution in [0.15, 0.2) is 48.7 Å². The summed E-state index contributed by atoms with van der Waals surface area (Å²) in [5, 5.41) is 2.94. The van der Waals surface area contributed by atoms with E-state index in [2.05, 4.69) is 11.4 Å². The van der Waals surface area contributed by atoms with E-state index in [0.29, 0.717) is 18.0 Å². The Morgan fingerprint density at radius 2 is 1.77 bits per heavy atom. The lowest BCUT2D eigenvalue weighted by Crippen LogP contribution is -2.28. The Morgan fingerprint density at radius 3 is 2.42 bits per heavy atom. The summed E-state index contributed by atoms with van der Waals surface area (Å²) in [5.41, 5.74) is 5.06. The molecule has 0 radical (unpaired) electrons. The molecular weight excluding hydrogens is 410 g/mol. The first-order valence-corrected chi connectivity index (χ1v) is 10.9. The number of carbonyl (C=O) groups is 1. The van der Waals surface area contributed by atoms with Crippen LogP contribution in [0.25, 0.3) is 16.2 Å². The third-order valence-electron chi connectivity index (χ3n) is 5.00. The van der Waals surface area contributed by atoms with Gasteiger partial charge in [0.1, 0.15) is 23.0 Å². The van der Waals surface area contributed by atoms with Crippen molar-refractivity contribution < 1.29 is 14.3 Å². The van der Waals surface area contributed by atoms with E-state index in [9.17, 15) is 4.79 Å². The Hall–Kier alpha value is -3.32. The maximum atomic E-state index is 12.7. The van der Waals surface area contributed by atoms with Crippen LogP contribution in [-0.2, 0) is 0 Å². The highest BCUT2D eigenvalue weighted by molar-refractivity contribution is 7.19. The molecule has 6 nitrogen and oxygen atoms in total. The number of carbonyl (C=O) groups excluding carboxylic acids is 1. The number of hydrogen-bond donors (Lipinski definition) is 1. The maximum absolute atomic E-state index is 12.7. The molecule has 0 aliphatic carbocycles. The van der Waals surface area contributed by atoms with Gasteiger partial charge in [-0.1, -0.05) is 17.4 Å². The highest BCUT2D eigenvalue weighted by atomic mass is 32.1. The summed E-state index contributed by atoms with van der Waals surface area (Å²) in [6.45, 7) is 6.86. The van der Waals surface area contributed by atoms with Gasteiger partial charge in [0.2, 0.25) is 0 Å². The fourth-order valence-corrected chi connectivity index (χ4v) is 4.52. The zero-order valence-electron chi connectivity index (χ0n) is 18.1. The SMILES string of the molecule is COc1ccc(-c2cn3c(C)c(C(=O)NCCOc4cc(C)cc(C)c4)sc3n2)cc1. The van der Waals surface area contributed by atoms with Crippen LogP contribution in [-0.4, -0.2) is 35.6 Å². The molecule has 31 heavy (non-hydrogen) atoms. The number of amides is 1. The lowest BCUT2D eigenvalue weighted by Gasteiger charge is -2.09. The van der Waals surface area contributed by atoms with Crippen molar-refractivity contribution in [1.82, 2.24) is 14.7 Å². The van der Waals surface area contributed by atoms with Gasteiger partial charge in [-0.15, -0.1) is 0 Å². The average molecular weight is 436 g/mol. The van der Waals surface area contributed by atoms with Gasteiger partial charge in [-0.2, -0.15) is 0 Å². The molecule has 0 bridgehead atoms. The molecule has 2 heterocycles. The molecule has 0 aliphatic heterocycles. The molecule has 0 fully saturated rings. The average Bonchev–Trinajstić information content (AvgIpc) is 3.30. The van der Waals surface area contributed by atoms with Crippen LogP contribution in [0.2, 0.25) is 0 Å². The molecule has 7 heteroatoms. The van der Waals surface area contributed by atoms with Crippen molar-refractivity contribution in [3.63, 3.8) is 0 Å². The molecule has 1 amide bonds. The zero-order chi connectivity index (χ0) is 22.0. The first kappa shape index (κ1) is 20.9. The summed E-state index contributed by atoms with van der Waals surface area (Å²) < 4.78 is 12.9. The smallest absolute Gasteiger partial charge is 0.263 e. The molecule has 160 valence electrons. The van der Waals surface area contributed by atoms with Gasteiger partial charge in [0.25, 0.3) is 5.91 Å². The topological polar surface area (TPSA) is 64.9 Å². The van der Waals surface area contributed by atoms with Crippen LogP contribution < -0.4 is 14.8 Å². The largest absolute Gasteiger partial charge is 0.497 e. The van der Waals surface area contributed by atoms with Crippen molar-refractivity contribution in [2.45, 2.75) is 20.8 Å². The summed E-state index contributed by atoms with van der Waals surface area (Å²) in [6, 6.07) is 13.9. The van der Waals surface area contributed by atoms with Crippen LogP contribution in [0, 0.1) is 20.8 Å². The van der Waals surface area contributed by atoms with Gasteiger partial charge in [-0.25, -0.2) is 4.98 Å². The van der Waals surface area contributed by atoms with Crippen molar-refractivity contribution in [2.75, 3.05) is 20.3 Å². The van der Waals surface area contributed by atoms with Gasteiger partial charge in [-0.05, 0) is 68.3 Å². The van der Waals surface area contributed by atoms with E-state index in [0.717, 1.165) is 44.5 Å². The number of fused-ring (bicyclic) bond motifs is 1. The second-order valence-electron chi connectivity index (χ2n) is 7.45. The highest BCUT2D eigenvalue weighted by Gasteiger charge is 2.18. The van der Waals surface area contributed by atoms with Crippen LogP contribution in [0.4, 0.5) is 0 Å². The number of nitrogens with one attached hydrogen (secondary N) is 1. The Kier molecular flexibility index (Phi) is 5.95. The minimum Gasteiger partial charge on any atom is -0.497 e.